The van der Waals surface area contributed by atoms with Crippen LogP contribution in [0.4, 0.5) is 5.13 Å². The number of hydrogen-bond acceptors (Lipinski definition) is 7. The summed E-state index contributed by atoms with van der Waals surface area (Å²) >= 11 is 1.44. The third-order valence-electron chi connectivity index (χ3n) is 3.76. The van der Waals surface area contributed by atoms with E-state index in [1.807, 2.05) is 12.1 Å². The van der Waals surface area contributed by atoms with Crippen LogP contribution in [-0.4, -0.2) is 36.2 Å². The highest BCUT2D eigenvalue weighted by Crippen LogP contribution is 2.33. The summed E-state index contributed by atoms with van der Waals surface area (Å²) in [5, 5.41) is 0.924. The maximum absolute atomic E-state index is 5.90. The van der Waals surface area contributed by atoms with E-state index >= 15 is 0 Å². The molecule has 1 atom stereocenters. The minimum Gasteiger partial charge on any atom is -0.461 e. The first kappa shape index (κ1) is 16.4. The summed E-state index contributed by atoms with van der Waals surface area (Å²) in [6.45, 7) is 8.90. The van der Waals surface area contributed by atoms with E-state index in [0.29, 0.717) is 19.8 Å². The number of morpholine rings is 1. The van der Waals surface area contributed by atoms with Crippen LogP contribution in [0, 0.1) is 0 Å². The topological polar surface area (TPSA) is 60.6 Å². The van der Waals surface area contributed by atoms with Gasteiger partial charge in [-0.2, -0.15) is 4.37 Å². The van der Waals surface area contributed by atoms with Crippen LogP contribution in [0.3, 0.4) is 0 Å². The average Bonchev–Trinajstić information content (AvgIpc) is 3.16. The molecule has 126 valence electrons. The van der Waals surface area contributed by atoms with E-state index in [1.54, 1.807) is 7.11 Å². The monoisotopic (exact) mass is 337 g/mol. The Kier molecular flexibility index (Phi) is 4.70. The van der Waals surface area contributed by atoms with Crippen LogP contribution in [0.5, 0.6) is 0 Å². The van der Waals surface area contributed by atoms with Gasteiger partial charge in [-0.25, -0.2) is 4.98 Å². The molecule has 6 nitrogen and oxygen atoms in total. The summed E-state index contributed by atoms with van der Waals surface area (Å²) in [6, 6.07) is 3.97. The van der Waals surface area contributed by atoms with Gasteiger partial charge in [0.15, 0.2) is 0 Å². The van der Waals surface area contributed by atoms with Gasteiger partial charge in [0.1, 0.15) is 30.0 Å². The number of methoxy groups -OCH3 is 1. The number of anilines is 1. The molecule has 0 bridgehead atoms. The summed E-state index contributed by atoms with van der Waals surface area (Å²) in [6.07, 6.45) is 0. The van der Waals surface area contributed by atoms with Gasteiger partial charge in [-0.15, -0.1) is 0 Å². The molecule has 1 aliphatic rings. The molecule has 2 aromatic rings. The van der Waals surface area contributed by atoms with Crippen LogP contribution in [0.15, 0.2) is 16.5 Å². The van der Waals surface area contributed by atoms with Crippen LogP contribution in [0.25, 0.3) is 0 Å². The molecule has 0 aliphatic carbocycles. The molecule has 2 aromatic heterocycles. The largest absolute Gasteiger partial charge is 0.461 e. The SMILES string of the molecule is COCc1ccc(C2COCCN2c2nc(C(C)(C)C)ns2)o1. The first-order valence-corrected chi connectivity index (χ1v) is 8.52. The fourth-order valence-corrected chi connectivity index (χ4v) is 3.43. The summed E-state index contributed by atoms with van der Waals surface area (Å²) in [5.41, 5.74) is -0.0488. The number of furan rings is 1. The molecular formula is C16H23N3O3S. The molecule has 3 heterocycles. The number of hydrogen-bond donors (Lipinski definition) is 0. The Labute approximate surface area is 140 Å². The Balaban J connectivity index is 1.84. The highest BCUT2D eigenvalue weighted by atomic mass is 32.1. The van der Waals surface area contributed by atoms with E-state index in [0.717, 1.165) is 29.0 Å². The predicted molar refractivity (Wildman–Crippen MR) is 88.9 cm³/mol. The second-order valence-electron chi connectivity index (χ2n) is 6.67. The molecule has 0 radical (unpaired) electrons. The Morgan fingerprint density at radius 1 is 1.39 bits per heavy atom. The molecule has 1 aliphatic heterocycles. The lowest BCUT2D eigenvalue weighted by atomic mass is 9.96. The lowest BCUT2D eigenvalue weighted by Crippen LogP contribution is -2.39. The van der Waals surface area contributed by atoms with Gasteiger partial charge < -0.3 is 18.8 Å². The predicted octanol–water partition coefficient (Wildman–Crippen LogP) is 3.15. The van der Waals surface area contributed by atoms with Crippen molar-refractivity contribution in [2.75, 3.05) is 31.8 Å². The molecule has 0 spiro atoms. The van der Waals surface area contributed by atoms with Crippen molar-refractivity contribution in [2.45, 2.75) is 38.8 Å². The molecule has 3 rings (SSSR count). The van der Waals surface area contributed by atoms with E-state index < -0.39 is 0 Å². The maximum Gasteiger partial charge on any atom is 0.206 e. The quantitative estimate of drug-likeness (QED) is 0.854. The van der Waals surface area contributed by atoms with E-state index in [1.165, 1.54) is 11.5 Å². The second-order valence-corrected chi connectivity index (χ2v) is 7.40. The number of rotatable bonds is 4. The molecule has 0 aromatic carbocycles. The zero-order chi connectivity index (χ0) is 16.4. The van der Waals surface area contributed by atoms with Crippen molar-refractivity contribution < 1.29 is 13.9 Å². The van der Waals surface area contributed by atoms with E-state index in [9.17, 15) is 0 Å². The summed E-state index contributed by atoms with van der Waals surface area (Å²) in [5.74, 6) is 2.58. The third-order valence-corrected chi connectivity index (χ3v) is 4.51. The zero-order valence-corrected chi connectivity index (χ0v) is 14.9. The van der Waals surface area contributed by atoms with Crippen molar-refractivity contribution in [1.29, 1.82) is 0 Å². The van der Waals surface area contributed by atoms with Crippen LogP contribution in [0.2, 0.25) is 0 Å². The normalized spacial score (nSPS) is 19.3. The summed E-state index contributed by atoms with van der Waals surface area (Å²) in [4.78, 5) is 6.96. The van der Waals surface area contributed by atoms with Gasteiger partial charge in [0.05, 0.1) is 13.2 Å². The van der Waals surface area contributed by atoms with Gasteiger partial charge >= 0.3 is 0 Å². The van der Waals surface area contributed by atoms with Gasteiger partial charge in [0.25, 0.3) is 0 Å². The Bertz CT molecular complexity index is 647. The Morgan fingerprint density at radius 2 is 2.22 bits per heavy atom. The number of aromatic nitrogens is 2. The van der Waals surface area contributed by atoms with E-state index in [2.05, 4.69) is 30.0 Å². The van der Waals surface area contributed by atoms with Crippen LogP contribution in [-0.2, 0) is 21.5 Å². The third kappa shape index (κ3) is 3.57. The van der Waals surface area contributed by atoms with Crippen LogP contribution >= 0.6 is 11.5 Å². The summed E-state index contributed by atoms with van der Waals surface area (Å²) < 4.78 is 21.2. The minimum absolute atomic E-state index is 0.0233. The molecule has 0 N–H and O–H groups in total. The van der Waals surface area contributed by atoms with Gasteiger partial charge in [-0.05, 0) is 12.1 Å². The van der Waals surface area contributed by atoms with Gasteiger partial charge in [0.2, 0.25) is 5.13 Å². The zero-order valence-electron chi connectivity index (χ0n) is 14.0. The smallest absolute Gasteiger partial charge is 0.206 e. The van der Waals surface area contributed by atoms with Gasteiger partial charge in [-0.1, -0.05) is 20.8 Å². The lowest BCUT2D eigenvalue weighted by Gasteiger charge is -2.33. The summed E-state index contributed by atoms with van der Waals surface area (Å²) in [7, 11) is 1.66. The number of nitrogens with zero attached hydrogens (tertiary/aromatic N) is 3. The first-order chi connectivity index (χ1) is 11.0. The van der Waals surface area contributed by atoms with Crippen molar-refractivity contribution in [3.8, 4) is 0 Å². The van der Waals surface area contributed by atoms with Crippen molar-refractivity contribution in [3.05, 3.63) is 29.5 Å². The van der Waals surface area contributed by atoms with E-state index in [4.69, 9.17) is 18.9 Å². The standard InChI is InChI=1S/C16H23N3O3S/c1-16(2,3)14-17-15(23-18-14)19-7-8-21-10-12(19)13-6-5-11(22-13)9-20-4/h5-6,12H,7-10H2,1-4H3. The Morgan fingerprint density at radius 3 is 2.91 bits per heavy atom. The molecule has 23 heavy (non-hydrogen) atoms. The average molecular weight is 337 g/mol. The van der Waals surface area contributed by atoms with Crippen LogP contribution < -0.4 is 4.90 Å². The Hall–Kier alpha value is -1.44. The highest BCUT2D eigenvalue weighted by Gasteiger charge is 2.31. The number of ether oxygens (including phenoxy) is 2. The van der Waals surface area contributed by atoms with Crippen molar-refractivity contribution in [2.24, 2.45) is 0 Å². The van der Waals surface area contributed by atoms with Crippen molar-refractivity contribution in [1.82, 2.24) is 9.36 Å². The fraction of sp³-hybridized carbons (Fsp3) is 0.625. The molecule has 1 unspecified atom stereocenters. The fourth-order valence-electron chi connectivity index (χ4n) is 2.50. The highest BCUT2D eigenvalue weighted by molar-refractivity contribution is 7.09. The van der Waals surface area contributed by atoms with Gasteiger partial charge in [0, 0.05) is 30.6 Å². The van der Waals surface area contributed by atoms with Crippen molar-refractivity contribution in [3.63, 3.8) is 0 Å². The lowest BCUT2D eigenvalue weighted by molar-refractivity contribution is 0.0857. The van der Waals surface area contributed by atoms with E-state index in [-0.39, 0.29) is 11.5 Å². The first-order valence-electron chi connectivity index (χ1n) is 7.75. The molecule has 1 saturated heterocycles. The van der Waals surface area contributed by atoms with Gasteiger partial charge in [-0.3, -0.25) is 0 Å². The second kappa shape index (κ2) is 6.59. The molecule has 0 saturated carbocycles. The molecule has 0 amide bonds. The molecule has 7 heteroatoms. The minimum atomic E-state index is -0.0488. The van der Waals surface area contributed by atoms with Crippen molar-refractivity contribution >= 4 is 16.7 Å². The maximum atomic E-state index is 5.90. The molecular weight excluding hydrogens is 314 g/mol. The van der Waals surface area contributed by atoms with Crippen LogP contribution in [0.1, 0.15) is 44.2 Å². The molecule has 1 fully saturated rings.